The Morgan fingerprint density at radius 3 is 3.00 bits per heavy atom. The quantitative estimate of drug-likeness (QED) is 0.804. The fourth-order valence-electron chi connectivity index (χ4n) is 2.37. The summed E-state index contributed by atoms with van der Waals surface area (Å²) in [6.07, 6.45) is 1.99. The molecule has 2 aromatic rings. The van der Waals surface area contributed by atoms with E-state index in [4.69, 9.17) is 5.73 Å². The molecule has 1 unspecified atom stereocenters. The van der Waals surface area contributed by atoms with E-state index in [9.17, 15) is 4.79 Å². The number of carbonyl (C=O) groups is 1. The fraction of sp³-hybridized carbons (Fsp3) is 0.250. The number of halogens is 1. The number of anilines is 1. The monoisotopic (exact) mass is 293 g/mol. The van der Waals surface area contributed by atoms with Crippen LogP contribution in [0.15, 0.2) is 28.9 Å². The van der Waals surface area contributed by atoms with Crippen LogP contribution in [0.3, 0.4) is 0 Å². The summed E-state index contributed by atoms with van der Waals surface area (Å²) in [7, 11) is 1.77. The number of benzene rings is 1. The molecule has 3 rings (SSSR count). The van der Waals surface area contributed by atoms with Gasteiger partial charge in [0.15, 0.2) is 0 Å². The molecule has 17 heavy (non-hydrogen) atoms. The molecule has 0 aliphatic carbocycles. The van der Waals surface area contributed by atoms with Gasteiger partial charge in [0.2, 0.25) is 5.91 Å². The third-order valence-corrected chi connectivity index (χ3v) is 3.86. The van der Waals surface area contributed by atoms with Crippen LogP contribution in [0, 0.1) is 0 Å². The molecule has 5 heteroatoms. The normalized spacial score (nSPS) is 19.8. The highest BCUT2D eigenvalue weighted by atomic mass is 79.9. The summed E-state index contributed by atoms with van der Waals surface area (Å²) in [4.78, 5) is 13.7. The number of amides is 1. The van der Waals surface area contributed by atoms with Gasteiger partial charge in [0, 0.05) is 29.6 Å². The van der Waals surface area contributed by atoms with Crippen LogP contribution in [0.2, 0.25) is 0 Å². The van der Waals surface area contributed by atoms with Gasteiger partial charge in [-0.25, -0.2) is 0 Å². The van der Waals surface area contributed by atoms with E-state index in [0.717, 1.165) is 21.1 Å². The summed E-state index contributed by atoms with van der Waals surface area (Å²) in [6.45, 7) is 0.516. The van der Waals surface area contributed by atoms with Gasteiger partial charge in [-0.2, -0.15) is 0 Å². The van der Waals surface area contributed by atoms with Crippen LogP contribution in [0.4, 0.5) is 5.69 Å². The van der Waals surface area contributed by atoms with E-state index >= 15 is 0 Å². The highest BCUT2D eigenvalue weighted by molar-refractivity contribution is 9.10. The number of hydrogen-bond acceptors (Lipinski definition) is 2. The number of carbonyl (C=O) groups excluding carboxylic acids is 1. The molecule has 1 amide bonds. The van der Waals surface area contributed by atoms with Gasteiger partial charge in [-0.15, -0.1) is 0 Å². The van der Waals surface area contributed by atoms with Crippen molar-refractivity contribution >= 4 is 38.4 Å². The van der Waals surface area contributed by atoms with E-state index in [-0.39, 0.29) is 5.91 Å². The maximum Gasteiger partial charge on any atom is 0.245 e. The predicted octanol–water partition coefficient (Wildman–Crippen LogP) is 1.71. The fourth-order valence-corrected chi connectivity index (χ4v) is 2.94. The first-order valence-electron chi connectivity index (χ1n) is 5.40. The lowest BCUT2D eigenvalue weighted by Gasteiger charge is -2.18. The van der Waals surface area contributed by atoms with Crippen molar-refractivity contribution in [1.29, 1.82) is 0 Å². The van der Waals surface area contributed by atoms with Crippen molar-refractivity contribution in [2.45, 2.75) is 12.6 Å². The second-order valence-corrected chi connectivity index (χ2v) is 5.16. The van der Waals surface area contributed by atoms with Gasteiger partial charge in [0.25, 0.3) is 0 Å². The molecule has 2 N–H and O–H groups in total. The Morgan fingerprint density at radius 1 is 1.47 bits per heavy atom. The van der Waals surface area contributed by atoms with Crippen LogP contribution >= 0.6 is 15.9 Å². The van der Waals surface area contributed by atoms with Gasteiger partial charge < -0.3 is 15.2 Å². The Hall–Kier alpha value is -1.33. The number of likely N-dealkylation sites (N-methyl/N-ethyl adjacent to an activating group) is 1. The third-order valence-electron chi connectivity index (χ3n) is 3.23. The Labute approximate surface area is 107 Å². The van der Waals surface area contributed by atoms with Crippen LogP contribution in [-0.2, 0) is 11.3 Å². The Bertz CT molecular complexity index is 619. The zero-order valence-electron chi connectivity index (χ0n) is 9.35. The summed E-state index contributed by atoms with van der Waals surface area (Å²) in [6, 6.07) is 5.44. The van der Waals surface area contributed by atoms with E-state index in [1.165, 1.54) is 0 Å². The number of nitrogens with two attached hydrogens (primary N) is 1. The average molecular weight is 294 g/mol. The van der Waals surface area contributed by atoms with Crippen molar-refractivity contribution in [3.05, 3.63) is 28.9 Å². The molecule has 0 fully saturated rings. The van der Waals surface area contributed by atoms with E-state index in [1.807, 2.05) is 29.0 Å². The number of rotatable bonds is 0. The molecule has 0 saturated carbocycles. The van der Waals surface area contributed by atoms with E-state index in [2.05, 4.69) is 15.9 Å². The van der Waals surface area contributed by atoms with Crippen molar-refractivity contribution in [2.75, 3.05) is 11.9 Å². The molecule has 1 aromatic carbocycles. The molecule has 88 valence electrons. The first kappa shape index (κ1) is 10.8. The van der Waals surface area contributed by atoms with Gasteiger partial charge >= 0.3 is 0 Å². The minimum atomic E-state index is -0.491. The minimum absolute atomic E-state index is 0.0441. The van der Waals surface area contributed by atoms with Gasteiger partial charge in [0.1, 0.15) is 6.04 Å². The molecule has 4 nitrogen and oxygen atoms in total. The first-order valence-corrected chi connectivity index (χ1v) is 6.19. The van der Waals surface area contributed by atoms with Crippen LogP contribution in [-0.4, -0.2) is 23.6 Å². The highest BCUT2D eigenvalue weighted by Gasteiger charge is 2.27. The molecule has 1 aromatic heterocycles. The number of aromatic nitrogens is 1. The minimum Gasteiger partial charge on any atom is -0.343 e. The molecule has 0 spiro atoms. The molecule has 1 aliphatic rings. The number of para-hydroxylation sites is 1. The molecule has 0 bridgehead atoms. The number of nitrogens with zero attached hydrogens (tertiary/aromatic N) is 2. The second-order valence-electron chi connectivity index (χ2n) is 4.31. The average Bonchev–Trinajstić information content (AvgIpc) is 2.60. The molecule has 1 atom stereocenters. The van der Waals surface area contributed by atoms with Crippen molar-refractivity contribution in [1.82, 2.24) is 4.57 Å². The van der Waals surface area contributed by atoms with E-state index in [1.54, 1.807) is 11.9 Å². The van der Waals surface area contributed by atoms with Crippen molar-refractivity contribution in [2.24, 2.45) is 5.73 Å². The topological polar surface area (TPSA) is 51.3 Å². The van der Waals surface area contributed by atoms with Crippen LogP contribution in [0.25, 0.3) is 10.9 Å². The Morgan fingerprint density at radius 2 is 2.24 bits per heavy atom. The van der Waals surface area contributed by atoms with Gasteiger partial charge in [-0.3, -0.25) is 4.79 Å². The van der Waals surface area contributed by atoms with Crippen LogP contribution in [0.5, 0.6) is 0 Å². The molecular formula is C12H12BrN3O. The smallest absolute Gasteiger partial charge is 0.245 e. The maximum atomic E-state index is 12.0. The van der Waals surface area contributed by atoms with Crippen molar-refractivity contribution in [3.8, 4) is 0 Å². The van der Waals surface area contributed by atoms with Crippen LogP contribution in [0.1, 0.15) is 0 Å². The summed E-state index contributed by atoms with van der Waals surface area (Å²) in [5, 5.41) is 1.11. The predicted molar refractivity (Wildman–Crippen MR) is 71.0 cm³/mol. The molecule has 2 heterocycles. The lowest BCUT2D eigenvalue weighted by atomic mass is 10.2. The lowest BCUT2D eigenvalue weighted by molar-refractivity contribution is -0.119. The third kappa shape index (κ3) is 1.42. The zero-order chi connectivity index (χ0) is 12.2. The largest absolute Gasteiger partial charge is 0.343 e. The maximum absolute atomic E-state index is 12.0. The van der Waals surface area contributed by atoms with Crippen molar-refractivity contribution < 1.29 is 4.79 Å². The van der Waals surface area contributed by atoms with Crippen LogP contribution < -0.4 is 10.6 Å². The summed E-state index contributed by atoms with van der Waals surface area (Å²) < 4.78 is 3.07. The molecule has 0 radical (unpaired) electrons. The first-order chi connectivity index (χ1) is 8.09. The summed E-state index contributed by atoms with van der Waals surface area (Å²) in [5.41, 5.74) is 7.87. The summed E-state index contributed by atoms with van der Waals surface area (Å²) >= 11 is 3.54. The van der Waals surface area contributed by atoms with E-state index < -0.39 is 6.04 Å². The molecule has 0 saturated heterocycles. The molecular weight excluding hydrogens is 282 g/mol. The lowest BCUT2D eigenvalue weighted by Crippen LogP contribution is -2.42. The van der Waals surface area contributed by atoms with Gasteiger partial charge in [-0.1, -0.05) is 12.1 Å². The number of hydrogen-bond donors (Lipinski definition) is 1. The molecule has 1 aliphatic heterocycles. The SMILES string of the molecule is CN1C(=O)C(N)Cn2cc(Br)c3cccc1c32. The summed E-state index contributed by atoms with van der Waals surface area (Å²) in [5.74, 6) is -0.0441. The standard InChI is InChI=1S/C12H12BrN3O/c1-15-10-4-2-3-7-8(13)5-16(11(7)10)6-9(14)12(15)17/h2-5,9H,6,14H2,1H3. The zero-order valence-corrected chi connectivity index (χ0v) is 10.9. The van der Waals surface area contributed by atoms with E-state index in [0.29, 0.717) is 6.54 Å². The highest BCUT2D eigenvalue weighted by Crippen LogP contribution is 2.34. The second kappa shape index (κ2) is 3.58. The van der Waals surface area contributed by atoms with Gasteiger partial charge in [-0.05, 0) is 22.0 Å². The Balaban J connectivity index is 2.39. The Kier molecular flexibility index (Phi) is 2.27. The van der Waals surface area contributed by atoms with Gasteiger partial charge in [0.05, 0.1) is 11.2 Å². The van der Waals surface area contributed by atoms with Crippen molar-refractivity contribution in [3.63, 3.8) is 0 Å².